The number of hydrogen-bond donors (Lipinski definition) is 1. The van der Waals surface area contributed by atoms with Crippen LogP contribution in [0.2, 0.25) is 0 Å². The Morgan fingerprint density at radius 3 is 2.56 bits per heavy atom. The minimum Gasteiger partial charge on any atom is -0.372 e. The molecule has 0 saturated heterocycles. The first-order valence-electron chi connectivity index (χ1n) is 3.40. The molecule has 0 amide bonds. The Balaban J connectivity index is 3.47. The molecule has 0 aliphatic heterocycles. The summed E-state index contributed by atoms with van der Waals surface area (Å²) in [6.45, 7) is 6.28. The summed E-state index contributed by atoms with van der Waals surface area (Å²) in [5.41, 5.74) is 0. The summed E-state index contributed by atoms with van der Waals surface area (Å²) in [7, 11) is 1.80. The van der Waals surface area contributed by atoms with Crippen LogP contribution in [0, 0.1) is 0 Å². The normalized spacial score (nSPS) is 15.3. The van der Waals surface area contributed by atoms with Crippen molar-refractivity contribution in [1.29, 1.82) is 0 Å². The minimum atomic E-state index is 0.550. The lowest BCUT2D eigenvalue weighted by atomic mass is 10.2. The van der Waals surface area contributed by atoms with Crippen molar-refractivity contribution in [3.05, 3.63) is 0 Å². The molecule has 9 heavy (non-hydrogen) atoms. The SMILES string of the molecule is CC[C@H](C)NC(C)=NC. The van der Waals surface area contributed by atoms with Gasteiger partial charge in [-0.25, -0.2) is 0 Å². The van der Waals surface area contributed by atoms with Crippen LogP contribution in [0.3, 0.4) is 0 Å². The van der Waals surface area contributed by atoms with Crippen LogP contribution in [0.4, 0.5) is 0 Å². The molecule has 0 unspecified atom stereocenters. The molecular weight excluding hydrogens is 112 g/mol. The Kier molecular flexibility index (Phi) is 4.10. The average molecular weight is 128 g/mol. The standard InChI is InChI=1S/C7H16N2/c1-5-6(2)9-7(3)8-4/h6H,5H2,1-4H3,(H,8,9)/t6-/m0/s1. The van der Waals surface area contributed by atoms with E-state index in [4.69, 9.17) is 0 Å². The Hall–Kier alpha value is -0.530. The molecule has 0 radical (unpaired) electrons. The van der Waals surface area contributed by atoms with Crippen molar-refractivity contribution in [2.45, 2.75) is 33.2 Å². The van der Waals surface area contributed by atoms with Crippen molar-refractivity contribution in [3.8, 4) is 0 Å². The Bertz CT molecular complexity index is 97.1. The first kappa shape index (κ1) is 8.47. The average Bonchev–Trinajstić information content (AvgIpc) is 1.87. The molecule has 0 aromatic carbocycles. The van der Waals surface area contributed by atoms with Crippen molar-refractivity contribution >= 4 is 5.84 Å². The van der Waals surface area contributed by atoms with E-state index in [1.165, 1.54) is 0 Å². The van der Waals surface area contributed by atoms with E-state index >= 15 is 0 Å². The molecule has 0 rings (SSSR count). The molecule has 1 N–H and O–H groups in total. The lowest BCUT2D eigenvalue weighted by Crippen LogP contribution is -2.29. The van der Waals surface area contributed by atoms with Crippen LogP contribution >= 0.6 is 0 Å². The van der Waals surface area contributed by atoms with Crippen LogP contribution in [0.5, 0.6) is 0 Å². The number of hydrogen-bond acceptors (Lipinski definition) is 1. The highest BCUT2D eigenvalue weighted by atomic mass is 15.0. The molecule has 1 atom stereocenters. The van der Waals surface area contributed by atoms with Crippen LogP contribution in [-0.2, 0) is 0 Å². The van der Waals surface area contributed by atoms with Crippen molar-refractivity contribution in [3.63, 3.8) is 0 Å². The van der Waals surface area contributed by atoms with Crippen LogP contribution in [0.25, 0.3) is 0 Å². The van der Waals surface area contributed by atoms with Crippen LogP contribution in [0.1, 0.15) is 27.2 Å². The van der Waals surface area contributed by atoms with Crippen molar-refractivity contribution < 1.29 is 0 Å². The number of rotatable bonds is 2. The van der Waals surface area contributed by atoms with Crippen LogP contribution in [-0.4, -0.2) is 18.9 Å². The smallest absolute Gasteiger partial charge is 0.0930 e. The monoisotopic (exact) mass is 128 g/mol. The van der Waals surface area contributed by atoms with E-state index in [9.17, 15) is 0 Å². The van der Waals surface area contributed by atoms with Crippen LogP contribution < -0.4 is 5.32 Å². The highest BCUT2D eigenvalue weighted by Gasteiger charge is 1.95. The van der Waals surface area contributed by atoms with Crippen molar-refractivity contribution in [2.24, 2.45) is 4.99 Å². The maximum atomic E-state index is 3.98. The Morgan fingerprint density at radius 2 is 2.22 bits per heavy atom. The Morgan fingerprint density at radius 1 is 1.67 bits per heavy atom. The van der Waals surface area contributed by atoms with E-state index in [0.29, 0.717) is 6.04 Å². The van der Waals surface area contributed by atoms with E-state index in [1.54, 1.807) is 7.05 Å². The molecule has 0 aromatic rings. The van der Waals surface area contributed by atoms with Gasteiger partial charge >= 0.3 is 0 Å². The topological polar surface area (TPSA) is 24.4 Å². The fraction of sp³-hybridized carbons (Fsp3) is 0.857. The highest BCUT2D eigenvalue weighted by Crippen LogP contribution is 1.86. The molecule has 0 aromatic heterocycles. The molecule has 2 heteroatoms. The predicted octanol–water partition coefficient (Wildman–Crippen LogP) is 1.42. The molecule has 0 fully saturated rings. The van der Waals surface area contributed by atoms with E-state index in [1.807, 2.05) is 6.92 Å². The second-order valence-electron chi connectivity index (χ2n) is 2.26. The van der Waals surface area contributed by atoms with Crippen molar-refractivity contribution in [1.82, 2.24) is 5.32 Å². The Labute approximate surface area is 57.4 Å². The quantitative estimate of drug-likeness (QED) is 0.441. The van der Waals surface area contributed by atoms with Gasteiger partial charge in [-0.3, -0.25) is 4.99 Å². The van der Waals surface area contributed by atoms with Gasteiger partial charge < -0.3 is 5.32 Å². The van der Waals surface area contributed by atoms with Gasteiger partial charge in [0.25, 0.3) is 0 Å². The van der Waals surface area contributed by atoms with Gasteiger partial charge in [-0.05, 0) is 20.3 Å². The van der Waals surface area contributed by atoms with Gasteiger partial charge in [0, 0.05) is 13.1 Å². The highest BCUT2D eigenvalue weighted by molar-refractivity contribution is 5.79. The molecule has 0 saturated carbocycles. The molecule has 0 bridgehead atoms. The van der Waals surface area contributed by atoms with Gasteiger partial charge in [0.05, 0.1) is 5.84 Å². The molecule has 0 heterocycles. The molecular formula is C7H16N2. The predicted molar refractivity (Wildman–Crippen MR) is 41.9 cm³/mol. The summed E-state index contributed by atoms with van der Waals surface area (Å²) in [6.07, 6.45) is 1.15. The molecule has 0 spiro atoms. The van der Waals surface area contributed by atoms with Gasteiger partial charge in [-0.1, -0.05) is 6.92 Å². The fourth-order valence-electron chi connectivity index (χ4n) is 0.523. The summed E-state index contributed by atoms with van der Waals surface area (Å²) >= 11 is 0. The maximum Gasteiger partial charge on any atom is 0.0930 e. The van der Waals surface area contributed by atoms with Gasteiger partial charge in [0.2, 0.25) is 0 Å². The van der Waals surface area contributed by atoms with Gasteiger partial charge in [0.1, 0.15) is 0 Å². The summed E-state index contributed by atoms with van der Waals surface area (Å²) in [6, 6.07) is 0.550. The largest absolute Gasteiger partial charge is 0.372 e. The first-order valence-corrected chi connectivity index (χ1v) is 3.40. The van der Waals surface area contributed by atoms with Crippen LogP contribution in [0.15, 0.2) is 4.99 Å². The van der Waals surface area contributed by atoms with E-state index in [2.05, 4.69) is 24.2 Å². The first-order chi connectivity index (χ1) is 4.20. The number of nitrogens with one attached hydrogen (secondary N) is 1. The van der Waals surface area contributed by atoms with Crippen molar-refractivity contribution in [2.75, 3.05) is 7.05 Å². The van der Waals surface area contributed by atoms with Gasteiger partial charge in [-0.2, -0.15) is 0 Å². The number of nitrogens with zero attached hydrogens (tertiary/aromatic N) is 1. The minimum absolute atomic E-state index is 0.550. The van der Waals surface area contributed by atoms with E-state index in [0.717, 1.165) is 12.3 Å². The molecule has 54 valence electrons. The molecule has 2 nitrogen and oxygen atoms in total. The lowest BCUT2D eigenvalue weighted by Gasteiger charge is -2.10. The zero-order chi connectivity index (χ0) is 7.28. The summed E-state index contributed by atoms with van der Waals surface area (Å²) < 4.78 is 0. The second kappa shape index (κ2) is 4.36. The maximum absolute atomic E-state index is 3.98. The number of amidine groups is 1. The van der Waals surface area contributed by atoms with E-state index < -0.39 is 0 Å². The third-order valence-electron chi connectivity index (χ3n) is 1.40. The third-order valence-corrected chi connectivity index (χ3v) is 1.40. The van der Waals surface area contributed by atoms with Gasteiger partial charge in [0.15, 0.2) is 0 Å². The zero-order valence-electron chi connectivity index (χ0n) is 6.73. The zero-order valence-corrected chi connectivity index (χ0v) is 6.73. The lowest BCUT2D eigenvalue weighted by molar-refractivity contribution is 0.640. The summed E-state index contributed by atoms with van der Waals surface area (Å²) in [4.78, 5) is 3.98. The second-order valence-corrected chi connectivity index (χ2v) is 2.26. The third kappa shape index (κ3) is 4.01. The van der Waals surface area contributed by atoms with E-state index in [-0.39, 0.29) is 0 Å². The molecule has 0 aliphatic rings. The summed E-state index contributed by atoms with van der Waals surface area (Å²) in [5.74, 6) is 1.02. The fourth-order valence-corrected chi connectivity index (χ4v) is 0.523. The van der Waals surface area contributed by atoms with Gasteiger partial charge in [-0.15, -0.1) is 0 Å². The summed E-state index contributed by atoms with van der Waals surface area (Å²) in [5, 5.41) is 3.23. The number of aliphatic imine (C=N–C) groups is 1. The molecule has 0 aliphatic carbocycles.